The standard InChI is InChI=1S/C26H36N2O4/c1-19(2)13-28(26(30)18-31-3)16-22-15-27(14-21-8-5-6-11-25(21)29)17-24(22)20-9-7-10-23(12-20)32-4/h5-12,19,22,24,29H,13-18H2,1-4H3/t22-,24-/m0/s1. The van der Waals surface area contributed by atoms with Crippen molar-refractivity contribution in [2.24, 2.45) is 11.8 Å². The molecule has 0 spiro atoms. The van der Waals surface area contributed by atoms with Gasteiger partial charge in [-0.25, -0.2) is 0 Å². The van der Waals surface area contributed by atoms with E-state index in [4.69, 9.17) is 9.47 Å². The van der Waals surface area contributed by atoms with Crippen LogP contribution in [0.15, 0.2) is 48.5 Å². The van der Waals surface area contributed by atoms with E-state index in [1.54, 1.807) is 20.3 Å². The van der Waals surface area contributed by atoms with Crippen LogP contribution in [0, 0.1) is 11.8 Å². The Balaban J connectivity index is 1.84. The number of phenols is 1. The molecule has 32 heavy (non-hydrogen) atoms. The smallest absolute Gasteiger partial charge is 0.248 e. The molecular weight excluding hydrogens is 404 g/mol. The van der Waals surface area contributed by atoms with Gasteiger partial charge in [0.1, 0.15) is 18.1 Å². The summed E-state index contributed by atoms with van der Waals surface area (Å²) >= 11 is 0. The topological polar surface area (TPSA) is 62.2 Å². The zero-order valence-electron chi connectivity index (χ0n) is 19.7. The lowest BCUT2D eigenvalue weighted by Crippen LogP contribution is -2.41. The Bertz CT molecular complexity index is 886. The number of methoxy groups -OCH3 is 2. The number of para-hydroxylation sites is 1. The quantitative estimate of drug-likeness (QED) is 0.610. The van der Waals surface area contributed by atoms with Gasteiger partial charge >= 0.3 is 0 Å². The molecule has 0 bridgehead atoms. The molecule has 6 heteroatoms. The Kier molecular flexibility index (Phi) is 8.53. The van der Waals surface area contributed by atoms with Gasteiger partial charge in [-0.15, -0.1) is 0 Å². The van der Waals surface area contributed by atoms with Crippen molar-refractivity contribution in [3.63, 3.8) is 0 Å². The summed E-state index contributed by atoms with van der Waals surface area (Å²) in [5.74, 6) is 2.11. The fraction of sp³-hybridized carbons (Fsp3) is 0.500. The van der Waals surface area contributed by atoms with Gasteiger partial charge in [0.2, 0.25) is 5.91 Å². The number of nitrogens with zero attached hydrogens (tertiary/aromatic N) is 2. The highest BCUT2D eigenvalue weighted by Gasteiger charge is 2.36. The van der Waals surface area contributed by atoms with Crippen LogP contribution in [-0.2, 0) is 16.1 Å². The van der Waals surface area contributed by atoms with E-state index < -0.39 is 0 Å². The number of benzene rings is 2. The molecule has 6 nitrogen and oxygen atoms in total. The number of amides is 1. The van der Waals surface area contributed by atoms with E-state index in [1.807, 2.05) is 35.2 Å². The molecule has 0 aromatic heterocycles. The number of hydrogen-bond acceptors (Lipinski definition) is 5. The number of phenolic OH excluding ortho intramolecular Hbond substituents is 1. The lowest BCUT2D eigenvalue weighted by molar-refractivity contribution is -0.136. The minimum absolute atomic E-state index is 0.0322. The third-order valence-electron chi connectivity index (χ3n) is 6.09. The van der Waals surface area contributed by atoms with Crippen LogP contribution in [0.1, 0.15) is 30.9 Å². The van der Waals surface area contributed by atoms with Crippen LogP contribution in [0.25, 0.3) is 0 Å². The molecule has 1 heterocycles. The zero-order chi connectivity index (χ0) is 23.1. The van der Waals surface area contributed by atoms with Crippen molar-refractivity contribution in [2.45, 2.75) is 26.3 Å². The molecule has 1 aliphatic heterocycles. The second-order valence-corrected chi connectivity index (χ2v) is 9.09. The van der Waals surface area contributed by atoms with E-state index in [-0.39, 0.29) is 24.3 Å². The SMILES string of the molecule is COCC(=O)N(CC(C)C)C[C@@H]1CN(Cc2ccccc2O)C[C@H]1c1cccc(OC)c1. The predicted molar refractivity (Wildman–Crippen MR) is 126 cm³/mol. The van der Waals surface area contributed by atoms with Crippen molar-refractivity contribution in [3.8, 4) is 11.5 Å². The molecule has 2 aromatic rings. The van der Waals surface area contributed by atoms with Crippen LogP contribution in [0.4, 0.5) is 0 Å². The largest absolute Gasteiger partial charge is 0.508 e. The first-order valence-electron chi connectivity index (χ1n) is 11.3. The minimum Gasteiger partial charge on any atom is -0.508 e. The van der Waals surface area contributed by atoms with Gasteiger partial charge in [-0.2, -0.15) is 0 Å². The molecule has 1 N–H and O–H groups in total. The summed E-state index contributed by atoms with van der Waals surface area (Å²) in [6.45, 7) is 8.15. The van der Waals surface area contributed by atoms with Gasteiger partial charge in [-0.05, 0) is 35.6 Å². The Morgan fingerprint density at radius 3 is 2.62 bits per heavy atom. The molecule has 0 unspecified atom stereocenters. The van der Waals surface area contributed by atoms with Crippen molar-refractivity contribution in [1.82, 2.24) is 9.80 Å². The van der Waals surface area contributed by atoms with E-state index in [0.717, 1.165) is 24.4 Å². The molecule has 3 rings (SSSR count). The molecule has 2 atom stereocenters. The number of carbonyl (C=O) groups excluding carboxylic acids is 1. The summed E-state index contributed by atoms with van der Waals surface area (Å²) in [6, 6.07) is 15.7. The van der Waals surface area contributed by atoms with E-state index in [2.05, 4.69) is 30.9 Å². The average molecular weight is 441 g/mol. The van der Waals surface area contributed by atoms with Gasteiger partial charge in [0.25, 0.3) is 0 Å². The summed E-state index contributed by atoms with van der Waals surface area (Å²) in [6.07, 6.45) is 0. The second-order valence-electron chi connectivity index (χ2n) is 9.09. The fourth-order valence-electron chi connectivity index (χ4n) is 4.63. The first kappa shape index (κ1) is 24.1. The highest BCUT2D eigenvalue weighted by Crippen LogP contribution is 2.36. The Morgan fingerprint density at radius 1 is 1.16 bits per heavy atom. The first-order chi connectivity index (χ1) is 15.4. The van der Waals surface area contributed by atoms with Crippen molar-refractivity contribution in [1.29, 1.82) is 0 Å². The number of likely N-dealkylation sites (tertiary alicyclic amines) is 1. The van der Waals surface area contributed by atoms with Crippen LogP contribution in [0.3, 0.4) is 0 Å². The Hall–Kier alpha value is -2.57. The number of aromatic hydroxyl groups is 1. The van der Waals surface area contributed by atoms with Crippen LogP contribution < -0.4 is 4.74 Å². The van der Waals surface area contributed by atoms with Crippen molar-refractivity contribution < 1.29 is 19.4 Å². The summed E-state index contributed by atoms with van der Waals surface area (Å²) in [5.41, 5.74) is 2.14. The molecule has 1 amide bonds. The zero-order valence-corrected chi connectivity index (χ0v) is 19.7. The molecule has 1 aliphatic rings. The number of rotatable bonds is 10. The normalized spacial score (nSPS) is 18.8. The van der Waals surface area contributed by atoms with E-state index in [9.17, 15) is 9.90 Å². The van der Waals surface area contributed by atoms with Gasteiger partial charge in [-0.3, -0.25) is 9.69 Å². The molecule has 0 saturated carbocycles. The highest BCUT2D eigenvalue weighted by molar-refractivity contribution is 5.77. The van der Waals surface area contributed by atoms with Gasteiger partial charge in [0.15, 0.2) is 0 Å². The number of hydrogen-bond donors (Lipinski definition) is 1. The molecule has 0 aliphatic carbocycles. The summed E-state index contributed by atoms with van der Waals surface area (Å²) < 4.78 is 10.6. The highest BCUT2D eigenvalue weighted by atomic mass is 16.5. The average Bonchev–Trinajstić information content (AvgIpc) is 3.17. The first-order valence-corrected chi connectivity index (χ1v) is 11.3. The van der Waals surface area contributed by atoms with Crippen molar-refractivity contribution in [3.05, 3.63) is 59.7 Å². The van der Waals surface area contributed by atoms with E-state index in [0.29, 0.717) is 31.3 Å². The van der Waals surface area contributed by atoms with Gasteiger partial charge in [0.05, 0.1) is 7.11 Å². The molecule has 2 aromatic carbocycles. The third-order valence-corrected chi connectivity index (χ3v) is 6.09. The maximum absolute atomic E-state index is 12.8. The summed E-state index contributed by atoms with van der Waals surface area (Å²) in [4.78, 5) is 17.1. The van der Waals surface area contributed by atoms with E-state index >= 15 is 0 Å². The second kappa shape index (κ2) is 11.3. The molecule has 0 radical (unpaired) electrons. The van der Waals surface area contributed by atoms with Crippen LogP contribution >= 0.6 is 0 Å². The van der Waals surface area contributed by atoms with Gasteiger partial charge < -0.3 is 19.5 Å². The van der Waals surface area contributed by atoms with Crippen LogP contribution in [0.2, 0.25) is 0 Å². The molecule has 174 valence electrons. The van der Waals surface area contributed by atoms with Gasteiger partial charge in [-0.1, -0.05) is 44.2 Å². The third kappa shape index (κ3) is 6.24. The maximum atomic E-state index is 12.8. The summed E-state index contributed by atoms with van der Waals surface area (Å²) in [5, 5.41) is 10.3. The molecular formula is C26H36N2O4. The lowest BCUT2D eigenvalue weighted by atomic mass is 9.88. The minimum atomic E-state index is 0.0322. The van der Waals surface area contributed by atoms with Crippen molar-refractivity contribution in [2.75, 3.05) is 47.0 Å². The maximum Gasteiger partial charge on any atom is 0.248 e. The fourth-order valence-corrected chi connectivity index (χ4v) is 4.63. The Morgan fingerprint density at radius 2 is 1.94 bits per heavy atom. The van der Waals surface area contributed by atoms with Crippen molar-refractivity contribution >= 4 is 5.91 Å². The summed E-state index contributed by atoms with van der Waals surface area (Å²) in [7, 11) is 3.25. The van der Waals surface area contributed by atoms with Crippen LogP contribution in [0.5, 0.6) is 11.5 Å². The van der Waals surface area contributed by atoms with Gasteiger partial charge in [0, 0.05) is 51.3 Å². The lowest BCUT2D eigenvalue weighted by Gasteiger charge is -2.30. The van der Waals surface area contributed by atoms with Crippen LogP contribution in [-0.4, -0.2) is 67.8 Å². The van der Waals surface area contributed by atoms with E-state index in [1.165, 1.54) is 5.56 Å². The monoisotopic (exact) mass is 440 g/mol. The Labute approximate surface area is 191 Å². The molecule has 1 saturated heterocycles. The number of ether oxygens (including phenoxy) is 2. The number of carbonyl (C=O) groups is 1. The predicted octanol–water partition coefficient (Wildman–Crippen LogP) is 3.75. The molecule has 1 fully saturated rings.